The van der Waals surface area contributed by atoms with Crippen LogP contribution in [0.2, 0.25) is 0 Å². The topological polar surface area (TPSA) is 24.9 Å². The van der Waals surface area contributed by atoms with Gasteiger partial charge in [0.25, 0.3) is 0 Å². The van der Waals surface area contributed by atoms with Gasteiger partial charge >= 0.3 is 0 Å². The standard InChI is InChI=1S/C10H9BrN2S/c11-10-8(4-6-14-10)7-13-9-3-1-2-5-12-9/h1-6H,7H2,(H,12,13). The molecule has 2 aromatic heterocycles. The molecule has 14 heavy (non-hydrogen) atoms. The molecule has 72 valence electrons. The molecule has 0 atom stereocenters. The van der Waals surface area contributed by atoms with E-state index in [2.05, 4.69) is 37.7 Å². The Morgan fingerprint density at radius 3 is 2.93 bits per heavy atom. The minimum Gasteiger partial charge on any atom is -0.366 e. The molecule has 0 spiro atoms. The van der Waals surface area contributed by atoms with Gasteiger partial charge in [0.05, 0.1) is 3.79 Å². The van der Waals surface area contributed by atoms with Crippen LogP contribution in [0.15, 0.2) is 39.6 Å². The first-order valence-electron chi connectivity index (χ1n) is 4.23. The minimum atomic E-state index is 0.807. The molecule has 2 aromatic rings. The predicted octanol–water partition coefficient (Wildman–Crippen LogP) is 3.52. The summed E-state index contributed by atoms with van der Waals surface area (Å²) in [5.41, 5.74) is 1.26. The highest BCUT2D eigenvalue weighted by molar-refractivity contribution is 9.11. The molecule has 0 saturated heterocycles. The maximum Gasteiger partial charge on any atom is 0.126 e. The largest absolute Gasteiger partial charge is 0.366 e. The third kappa shape index (κ3) is 2.33. The maximum atomic E-state index is 4.18. The quantitative estimate of drug-likeness (QED) is 0.922. The lowest BCUT2D eigenvalue weighted by atomic mass is 10.3. The highest BCUT2D eigenvalue weighted by Crippen LogP contribution is 2.23. The third-order valence-corrected chi connectivity index (χ3v) is 3.63. The molecule has 0 aliphatic carbocycles. The number of hydrogen-bond donors (Lipinski definition) is 1. The summed E-state index contributed by atoms with van der Waals surface area (Å²) in [6, 6.07) is 7.94. The van der Waals surface area contributed by atoms with Gasteiger partial charge in [0.2, 0.25) is 0 Å². The van der Waals surface area contributed by atoms with E-state index in [1.54, 1.807) is 17.5 Å². The van der Waals surface area contributed by atoms with Crippen LogP contribution in [0.4, 0.5) is 5.82 Å². The number of nitrogens with one attached hydrogen (secondary N) is 1. The number of thiophene rings is 1. The lowest BCUT2D eigenvalue weighted by Crippen LogP contribution is -1.99. The van der Waals surface area contributed by atoms with Gasteiger partial charge in [0, 0.05) is 12.7 Å². The molecule has 0 saturated carbocycles. The van der Waals surface area contributed by atoms with Crippen LogP contribution in [0.3, 0.4) is 0 Å². The fraction of sp³-hybridized carbons (Fsp3) is 0.100. The predicted molar refractivity (Wildman–Crippen MR) is 63.6 cm³/mol. The Kier molecular flexibility index (Phi) is 3.16. The summed E-state index contributed by atoms with van der Waals surface area (Å²) in [7, 11) is 0. The van der Waals surface area contributed by atoms with Crippen molar-refractivity contribution in [3.8, 4) is 0 Å². The van der Waals surface area contributed by atoms with Crippen molar-refractivity contribution >= 4 is 33.1 Å². The van der Waals surface area contributed by atoms with Gasteiger partial charge in [-0.1, -0.05) is 6.07 Å². The van der Waals surface area contributed by atoms with Crippen molar-refractivity contribution in [3.05, 3.63) is 45.2 Å². The summed E-state index contributed by atoms with van der Waals surface area (Å²) in [5, 5.41) is 5.32. The summed E-state index contributed by atoms with van der Waals surface area (Å²) in [5.74, 6) is 0.908. The molecule has 2 heterocycles. The van der Waals surface area contributed by atoms with Crippen molar-refractivity contribution in [3.63, 3.8) is 0 Å². The van der Waals surface area contributed by atoms with E-state index in [1.165, 1.54) is 9.35 Å². The molecule has 1 N–H and O–H groups in total. The summed E-state index contributed by atoms with van der Waals surface area (Å²) < 4.78 is 1.18. The Morgan fingerprint density at radius 2 is 2.29 bits per heavy atom. The summed E-state index contributed by atoms with van der Waals surface area (Å²) in [6.07, 6.45) is 1.78. The van der Waals surface area contributed by atoms with Gasteiger partial charge < -0.3 is 5.32 Å². The van der Waals surface area contributed by atoms with Crippen LogP contribution in [0.5, 0.6) is 0 Å². The first-order valence-corrected chi connectivity index (χ1v) is 5.90. The number of hydrogen-bond acceptors (Lipinski definition) is 3. The van der Waals surface area contributed by atoms with Gasteiger partial charge in [0.1, 0.15) is 5.82 Å². The molecule has 0 unspecified atom stereocenters. The fourth-order valence-corrected chi connectivity index (χ4v) is 2.34. The highest BCUT2D eigenvalue weighted by Gasteiger charge is 2.00. The first kappa shape index (κ1) is 9.68. The van der Waals surface area contributed by atoms with E-state index in [9.17, 15) is 0 Å². The second-order valence-corrected chi connectivity index (χ2v) is 5.02. The smallest absolute Gasteiger partial charge is 0.126 e. The number of anilines is 1. The Hall–Kier alpha value is -0.870. The molecule has 0 aliphatic heterocycles. The number of halogens is 1. The van der Waals surface area contributed by atoms with Crippen LogP contribution in [0.1, 0.15) is 5.56 Å². The average molecular weight is 269 g/mol. The number of nitrogens with zero attached hydrogens (tertiary/aromatic N) is 1. The van der Waals surface area contributed by atoms with Crippen molar-refractivity contribution < 1.29 is 0 Å². The second-order valence-electron chi connectivity index (χ2n) is 2.79. The van der Waals surface area contributed by atoms with Crippen molar-refractivity contribution in [2.75, 3.05) is 5.32 Å². The first-order chi connectivity index (χ1) is 6.86. The van der Waals surface area contributed by atoms with Gasteiger partial charge in [-0.2, -0.15) is 0 Å². The zero-order valence-electron chi connectivity index (χ0n) is 7.40. The normalized spacial score (nSPS) is 10.1. The second kappa shape index (κ2) is 4.57. The third-order valence-electron chi connectivity index (χ3n) is 1.82. The molecule has 0 fully saturated rings. The van der Waals surface area contributed by atoms with Gasteiger partial charge in [-0.25, -0.2) is 4.98 Å². The molecule has 4 heteroatoms. The minimum absolute atomic E-state index is 0.807. The van der Waals surface area contributed by atoms with Crippen molar-refractivity contribution in [2.24, 2.45) is 0 Å². The van der Waals surface area contributed by atoms with E-state index < -0.39 is 0 Å². The fourth-order valence-electron chi connectivity index (χ4n) is 1.10. The number of pyridine rings is 1. The Balaban J connectivity index is 1.99. The van der Waals surface area contributed by atoms with Crippen LogP contribution in [0.25, 0.3) is 0 Å². The maximum absolute atomic E-state index is 4.18. The van der Waals surface area contributed by atoms with Crippen LogP contribution < -0.4 is 5.32 Å². The number of aromatic nitrogens is 1. The molecular formula is C10H9BrN2S. The van der Waals surface area contributed by atoms with Crippen molar-refractivity contribution in [2.45, 2.75) is 6.54 Å². The van der Waals surface area contributed by atoms with E-state index in [-0.39, 0.29) is 0 Å². The van der Waals surface area contributed by atoms with E-state index in [0.29, 0.717) is 0 Å². The van der Waals surface area contributed by atoms with E-state index >= 15 is 0 Å². The van der Waals surface area contributed by atoms with Crippen molar-refractivity contribution in [1.82, 2.24) is 4.98 Å². The highest BCUT2D eigenvalue weighted by atomic mass is 79.9. The zero-order valence-corrected chi connectivity index (χ0v) is 9.81. The van der Waals surface area contributed by atoms with E-state index in [1.807, 2.05) is 18.2 Å². The Labute approximate surface area is 95.1 Å². The Morgan fingerprint density at radius 1 is 1.36 bits per heavy atom. The van der Waals surface area contributed by atoms with Gasteiger partial charge in [-0.3, -0.25) is 0 Å². The summed E-state index contributed by atoms with van der Waals surface area (Å²) in [4.78, 5) is 4.18. The Bertz CT molecular complexity index is 400. The van der Waals surface area contributed by atoms with Gasteiger partial charge in [-0.05, 0) is 45.1 Å². The lowest BCUT2D eigenvalue weighted by Gasteiger charge is -2.03. The van der Waals surface area contributed by atoms with E-state index in [4.69, 9.17) is 0 Å². The molecule has 0 radical (unpaired) electrons. The lowest BCUT2D eigenvalue weighted by molar-refractivity contribution is 1.12. The molecule has 2 nitrogen and oxygen atoms in total. The summed E-state index contributed by atoms with van der Waals surface area (Å²) in [6.45, 7) is 0.807. The molecule has 2 rings (SSSR count). The molecular weight excluding hydrogens is 260 g/mol. The van der Waals surface area contributed by atoms with Gasteiger partial charge in [-0.15, -0.1) is 11.3 Å². The van der Waals surface area contributed by atoms with Crippen molar-refractivity contribution in [1.29, 1.82) is 0 Å². The zero-order chi connectivity index (χ0) is 9.80. The molecule has 0 aliphatic rings. The van der Waals surface area contributed by atoms with Gasteiger partial charge in [0.15, 0.2) is 0 Å². The van der Waals surface area contributed by atoms with Crippen LogP contribution in [-0.4, -0.2) is 4.98 Å². The summed E-state index contributed by atoms with van der Waals surface area (Å²) >= 11 is 5.19. The van der Waals surface area contributed by atoms with Crippen LogP contribution in [-0.2, 0) is 6.54 Å². The average Bonchev–Trinajstić information content (AvgIpc) is 2.63. The molecule has 0 aromatic carbocycles. The number of rotatable bonds is 3. The monoisotopic (exact) mass is 268 g/mol. The molecule has 0 bridgehead atoms. The van der Waals surface area contributed by atoms with E-state index in [0.717, 1.165) is 12.4 Å². The molecule has 0 amide bonds. The van der Waals surface area contributed by atoms with Crippen LogP contribution in [0, 0.1) is 0 Å². The SMILES string of the molecule is Brc1sccc1CNc1ccccn1. The van der Waals surface area contributed by atoms with Crippen LogP contribution >= 0.6 is 27.3 Å².